The number of carbonyl (C=O) groups excluding carboxylic acids is 1. The second-order valence-electron chi connectivity index (χ2n) is 15.8. The van der Waals surface area contributed by atoms with E-state index in [2.05, 4.69) is 83.3 Å². The third-order valence-corrected chi connectivity index (χ3v) is 19.1. The molecule has 50 heavy (non-hydrogen) atoms. The summed E-state index contributed by atoms with van der Waals surface area (Å²) in [5.41, 5.74) is 0.0455. The highest BCUT2D eigenvalue weighted by atomic mass is 28.4. The average molecular weight is 725 g/mol. The van der Waals surface area contributed by atoms with Crippen LogP contribution in [0.15, 0.2) is 59.5 Å². The molecule has 0 aliphatic carbocycles. The van der Waals surface area contributed by atoms with E-state index < -0.39 is 34.6 Å². The van der Waals surface area contributed by atoms with Gasteiger partial charge in [0.05, 0.1) is 25.5 Å². The van der Waals surface area contributed by atoms with Gasteiger partial charge in [-0.2, -0.15) is 4.98 Å². The van der Waals surface area contributed by atoms with Crippen LogP contribution in [0.2, 0.25) is 36.3 Å². The van der Waals surface area contributed by atoms with Crippen molar-refractivity contribution in [1.82, 2.24) is 14.9 Å². The summed E-state index contributed by atoms with van der Waals surface area (Å²) in [4.78, 5) is 30.0. The van der Waals surface area contributed by atoms with Crippen LogP contribution in [0.3, 0.4) is 0 Å². The summed E-state index contributed by atoms with van der Waals surface area (Å²) in [5.74, 6) is 2.08. The molecule has 3 aromatic rings. The lowest BCUT2D eigenvalue weighted by Gasteiger charge is -2.40. The van der Waals surface area contributed by atoms with E-state index in [1.165, 1.54) is 4.57 Å². The maximum atomic E-state index is 13.5. The minimum absolute atomic E-state index is 0.000321. The molecule has 0 radical (unpaired) electrons. The van der Waals surface area contributed by atoms with Crippen molar-refractivity contribution >= 4 is 34.2 Å². The first-order valence-electron chi connectivity index (χ1n) is 17.2. The standard InChI is InChI=1S/C36H52N4O8Si2/c1-35(2,3)49(7,8)44-23-29-27(48-50(9,10)36(4,5)6)21-30(47-29)40-22-28-32(39-33(40)41)38-31-25(17-14-18-26(31)46-28)43-20-19-37-34(42)45-24-15-12-11-13-16-24/h11-18,22,27,29-30H,19-21,23H2,1-10H3,(H,37,42)(H,38,39,41)/t27-,29+,30+/m0/s1. The number of benzene rings is 2. The molecule has 2 aliphatic rings. The van der Waals surface area contributed by atoms with E-state index in [-0.39, 0.29) is 41.3 Å². The molecule has 14 heteroatoms. The normalized spacial score (nSPS) is 19.1. The van der Waals surface area contributed by atoms with E-state index in [0.717, 1.165) is 0 Å². The van der Waals surface area contributed by atoms with Crippen LogP contribution in [0, 0.1) is 0 Å². The second kappa shape index (κ2) is 14.5. The molecular weight excluding hydrogens is 673 g/mol. The molecular formula is C36H52N4O8Si2. The molecule has 2 aliphatic heterocycles. The van der Waals surface area contributed by atoms with Crippen molar-refractivity contribution in [2.75, 3.05) is 25.1 Å². The number of ether oxygens (including phenoxy) is 4. The summed E-state index contributed by atoms with van der Waals surface area (Å²) < 4.78 is 39.0. The van der Waals surface area contributed by atoms with Crippen LogP contribution in [0.1, 0.15) is 54.2 Å². The van der Waals surface area contributed by atoms with Crippen LogP contribution in [-0.2, 0) is 13.6 Å². The van der Waals surface area contributed by atoms with Gasteiger partial charge in [0.15, 0.2) is 34.0 Å². The van der Waals surface area contributed by atoms with Crippen LogP contribution in [0.25, 0.3) is 0 Å². The monoisotopic (exact) mass is 724 g/mol. The highest BCUT2D eigenvalue weighted by Gasteiger charge is 2.47. The van der Waals surface area contributed by atoms with Crippen molar-refractivity contribution in [3.8, 4) is 23.0 Å². The topological polar surface area (TPSA) is 131 Å². The maximum absolute atomic E-state index is 13.5. The van der Waals surface area contributed by atoms with Gasteiger partial charge in [-0.3, -0.25) is 4.57 Å². The quantitative estimate of drug-likeness (QED) is 0.116. The Morgan fingerprint density at radius 2 is 1.68 bits per heavy atom. The molecule has 1 aromatic heterocycles. The van der Waals surface area contributed by atoms with Crippen molar-refractivity contribution in [3.63, 3.8) is 0 Å². The Bertz CT molecular complexity index is 1720. The molecule has 5 rings (SSSR count). The summed E-state index contributed by atoms with van der Waals surface area (Å²) >= 11 is 0. The van der Waals surface area contributed by atoms with Gasteiger partial charge in [-0.05, 0) is 60.5 Å². The van der Waals surface area contributed by atoms with Gasteiger partial charge in [-0.1, -0.05) is 65.8 Å². The molecule has 2 N–H and O–H groups in total. The smallest absolute Gasteiger partial charge is 0.412 e. The first kappa shape index (κ1) is 37.6. The third kappa shape index (κ3) is 8.60. The predicted octanol–water partition coefficient (Wildman–Crippen LogP) is 7.96. The van der Waals surface area contributed by atoms with Gasteiger partial charge in [0.25, 0.3) is 0 Å². The molecule has 3 heterocycles. The molecule has 0 saturated carbocycles. The number of aromatic nitrogens is 2. The Balaban J connectivity index is 1.28. The largest absolute Gasteiger partial charge is 0.489 e. The number of para-hydroxylation sites is 2. The lowest BCUT2D eigenvalue weighted by molar-refractivity contribution is -0.0413. The van der Waals surface area contributed by atoms with Gasteiger partial charge in [0.1, 0.15) is 36.1 Å². The van der Waals surface area contributed by atoms with Crippen molar-refractivity contribution in [2.24, 2.45) is 0 Å². The Morgan fingerprint density at radius 1 is 0.980 bits per heavy atom. The molecule has 1 saturated heterocycles. The summed E-state index contributed by atoms with van der Waals surface area (Å²) in [6.45, 7) is 22.9. The minimum atomic E-state index is -2.17. The Labute approximate surface area is 297 Å². The number of rotatable bonds is 11. The Morgan fingerprint density at radius 3 is 2.36 bits per heavy atom. The zero-order valence-electron chi connectivity index (χ0n) is 30.9. The molecule has 2 aromatic carbocycles. The number of hydrogen-bond donors (Lipinski definition) is 2. The van der Waals surface area contributed by atoms with E-state index in [0.29, 0.717) is 41.7 Å². The van der Waals surface area contributed by atoms with Crippen molar-refractivity contribution in [1.29, 1.82) is 0 Å². The fourth-order valence-corrected chi connectivity index (χ4v) is 7.42. The predicted molar refractivity (Wildman–Crippen MR) is 198 cm³/mol. The zero-order chi connectivity index (χ0) is 36.5. The third-order valence-electron chi connectivity index (χ3n) is 10.1. The molecule has 3 atom stereocenters. The number of anilines is 2. The van der Waals surface area contributed by atoms with E-state index in [1.54, 1.807) is 48.7 Å². The van der Waals surface area contributed by atoms with Crippen LogP contribution in [0.5, 0.6) is 23.0 Å². The maximum Gasteiger partial charge on any atom is 0.412 e. The van der Waals surface area contributed by atoms with Gasteiger partial charge < -0.3 is 38.4 Å². The molecule has 12 nitrogen and oxygen atoms in total. The highest BCUT2D eigenvalue weighted by Crippen LogP contribution is 2.46. The van der Waals surface area contributed by atoms with E-state index in [1.807, 2.05) is 6.07 Å². The molecule has 1 amide bonds. The number of amides is 1. The SMILES string of the molecule is CC(C)(C)[Si](C)(C)OC[C@H]1O[C@@H](n2cc3c(nc2=O)Nc2c(OCCNC(=O)Oc4ccccc4)cccc2O3)C[C@@H]1O[Si](C)(C)C(C)(C)C. The number of fused-ring (bicyclic) bond motifs is 2. The molecule has 0 spiro atoms. The lowest BCUT2D eigenvalue weighted by Crippen LogP contribution is -2.48. The van der Waals surface area contributed by atoms with E-state index >= 15 is 0 Å². The minimum Gasteiger partial charge on any atom is -0.489 e. The van der Waals surface area contributed by atoms with Gasteiger partial charge in [-0.15, -0.1) is 0 Å². The first-order valence-corrected chi connectivity index (χ1v) is 23.0. The Kier molecular flexibility index (Phi) is 10.9. The Hall–Kier alpha value is -3.70. The summed E-state index contributed by atoms with van der Waals surface area (Å²) in [5, 5.41) is 5.91. The van der Waals surface area contributed by atoms with Gasteiger partial charge in [0.2, 0.25) is 0 Å². The van der Waals surface area contributed by atoms with Crippen LogP contribution >= 0.6 is 0 Å². The molecule has 272 valence electrons. The number of carbonyl (C=O) groups is 1. The van der Waals surface area contributed by atoms with E-state index in [9.17, 15) is 9.59 Å². The fourth-order valence-electron chi connectivity index (χ4n) is 5.05. The molecule has 1 fully saturated rings. The molecule has 0 bridgehead atoms. The summed E-state index contributed by atoms with van der Waals surface area (Å²) in [7, 11) is -4.24. The average Bonchev–Trinajstić information content (AvgIpc) is 3.42. The second-order valence-corrected chi connectivity index (χ2v) is 25.4. The van der Waals surface area contributed by atoms with Crippen molar-refractivity contribution in [2.45, 2.75) is 103 Å². The summed E-state index contributed by atoms with van der Waals surface area (Å²) in [6.07, 6.45) is 0.339. The van der Waals surface area contributed by atoms with Gasteiger partial charge in [0, 0.05) is 6.42 Å². The van der Waals surface area contributed by atoms with Gasteiger partial charge in [-0.25, -0.2) is 9.59 Å². The zero-order valence-corrected chi connectivity index (χ0v) is 32.9. The van der Waals surface area contributed by atoms with Crippen LogP contribution < -0.4 is 30.5 Å². The van der Waals surface area contributed by atoms with Crippen molar-refractivity contribution in [3.05, 3.63) is 65.2 Å². The number of hydrogen-bond acceptors (Lipinski definition) is 10. The van der Waals surface area contributed by atoms with E-state index in [4.69, 9.17) is 27.8 Å². The molecule has 0 unspecified atom stereocenters. The van der Waals surface area contributed by atoms with Gasteiger partial charge >= 0.3 is 11.8 Å². The number of nitrogens with one attached hydrogen (secondary N) is 2. The highest BCUT2D eigenvalue weighted by molar-refractivity contribution is 6.74. The first-order chi connectivity index (χ1) is 23.3. The van der Waals surface area contributed by atoms with Crippen LogP contribution in [0.4, 0.5) is 16.3 Å². The number of nitrogens with zero attached hydrogens (tertiary/aromatic N) is 2. The lowest BCUT2D eigenvalue weighted by atomic mass is 10.2. The van der Waals surface area contributed by atoms with Crippen molar-refractivity contribution < 1.29 is 32.6 Å². The summed E-state index contributed by atoms with van der Waals surface area (Å²) in [6, 6.07) is 14.2. The van der Waals surface area contributed by atoms with Crippen LogP contribution in [-0.4, -0.2) is 64.2 Å². The fraction of sp³-hybridized carbons (Fsp3) is 0.528.